The number of aryl methyl sites for hydroxylation is 1. The third kappa shape index (κ3) is 3.78. The van der Waals surface area contributed by atoms with Crippen LogP contribution in [0.5, 0.6) is 0 Å². The van der Waals surface area contributed by atoms with Crippen LogP contribution in [-0.4, -0.2) is 36.5 Å². The van der Waals surface area contributed by atoms with Gasteiger partial charge in [-0.2, -0.15) is 0 Å². The minimum atomic E-state index is 0.188. The maximum Gasteiger partial charge on any atom is 0.220 e. The van der Waals surface area contributed by atoms with Crippen molar-refractivity contribution >= 4 is 16.7 Å². The molecular formula is C21H26N2O. The molecule has 1 saturated carbocycles. The fourth-order valence-corrected chi connectivity index (χ4v) is 3.80. The fourth-order valence-electron chi connectivity index (χ4n) is 3.80. The van der Waals surface area contributed by atoms with Gasteiger partial charge in [0.1, 0.15) is 0 Å². The van der Waals surface area contributed by atoms with E-state index in [1.807, 2.05) is 0 Å². The molecule has 2 aliphatic rings. The largest absolute Gasteiger partial charge is 0.356 e. The van der Waals surface area contributed by atoms with Gasteiger partial charge in [-0.15, -0.1) is 0 Å². The van der Waals surface area contributed by atoms with E-state index in [2.05, 4.69) is 52.7 Å². The van der Waals surface area contributed by atoms with Gasteiger partial charge in [-0.05, 0) is 54.5 Å². The van der Waals surface area contributed by atoms with Crippen molar-refractivity contribution in [3.8, 4) is 0 Å². The third-order valence-electron chi connectivity index (χ3n) is 5.42. The van der Waals surface area contributed by atoms with E-state index in [-0.39, 0.29) is 5.91 Å². The Kier molecular flexibility index (Phi) is 4.52. The molecule has 0 bridgehead atoms. The first-order valence-electron chi connectivity index (χ1n) is 9.26. The average molecular weight is 322 g/mol. The minimum absolute atomic E-state index is 0.188. The number of amides is 1. The van der Waals surface area contributed by atoms with Crippen molar-refractivity contribution in [2.24, 2.45) is 5.92 Å². The number of likely N-dealkylation sites (tertiary alicyclic amines) is 1. The van der Waals surface area contributed by atoms with Gasteiger partial charge in [-0.3, -0.25) is 4.79 Å². The van der Waals surface area contributed by atoms with Gasteiger partial charge in [-0.1, -0.05) is 42.5 Å². The molecule has 1 unspecified atom stereocenters. The van der Waals surface area contributed by atoms with Crippen LogP contribution in [0, 0.1) is 5.92 Å². The van der Waals surface area contributed by atoms with Crippen LogP contribution < -0.4 is 5.32 Å². The molecule has 1 aliphatic carbocycles. The summed E-state index contributed by atoms with van der Waals surface area (Å²) in [6.45, 7) is 3.25. The number of nitrogens with zero attached hydrogens (tertiary/aromatic N) is 1. The first-order valence-corrected chi connectivity index (χ1v) is 9.26. The van der Waals surface area contributed by atoms with Crippen LogP contribution in [-0.2, 0) is 11.2 Å². The van der Waals surface area contributed by atoms with E-state index in [4.69, 9.17) is 0 Å². The molecule has 1 atom stereocenters. The summed E-state index contributed by atoms with van der Waals surface area (Å²) < 4.78 is 0. The maximum absolute atomic E-state index is 12.1. The van der Waals surface area contributed by atoms with Crippen LogP contribution in [0.1, 0.15) is 31.2 Å². The molecule has 1 N–H and O–H groups in total. The van der Waals surface area contributed by atoms with Crippen molar-refractivity contribution in [1.82, 2.24) is 10.2 Å². The smallest absolute Gasteiger partial charge is 0.220 e. The zero-order valence-corrected chi connectivity index (χ0v) is 14.2. The molecule has 3 nitrogen and oxygen atoms in total. The molecule has 0 spiro atoms. The lowest BCUT2D eigenvalue weighted by molar-refractivity contribution is -0.121. The number of carbonyl (C=O) groups excluding carboxylic acids is 1. The topological polar surface area (TPSA) is 32.3 Å². The predicted molar refractivity (Wildman–Crippen MR) is 98.0 cm³/mol. The standard InChI is InChI=1S/C21H26N2O/c24-21(22-14-17-11-12-23(15-17)20-8-9-20)10-6-16-5-7-18-3-1-2-4-19(18)13-16/h1-5,7,13,17,20H,6,8-12,14-15H2,(H,22,24). The predicted octanol–water partition coefficient (Wildman–Crippen LogP) is 3.37. The van der Waals surface area contributed by atoms with Gasteiger partial charge in [0, 0.05) is 25.6 Å². The van der Waals surface area contributed by atoms with E-state index < -0.39 is 0 Å². The highest BCUT2D eigenvalue weighted by Crippen LogP contribution is 2.31. The second-order valence-electron chi connectivity index (χ2n) is 7.37. The summed E-state index contributed by atoms with van der Waals surface area (Å²) in [5, 5.41) is 5.65. The third-order valence-corrected chi connectivity index (χ3v) is 5.42. The van der Waals surface area contributed by atoms with E-state index in [0.29, 0.717) is 12.3 Å². The molecule has 126 valence electrons. The summed E-state index contributed by atoms with van der Waals surface area (Å²) in [5.74, 6) is 0.836. The van der Waals surface area contributed by atoms with Crippen LogP contribution in [0.3, 0.4) is 0 Å². The van der Waals surface area contributed by atoms with E-state index >= 15 is 0 Å². The van der Waals surface area contributed by atoms with Crippen molar-refractivity contribution in [2.45, 2.75) is 38.1 Å². The second-order valence-corrected chi connectivity index (χ2v) is 7.37. The number of hydrogen-bond donors (Lipinski definition) is 1. The summed E-state index contributed by atoms with van der Waals surface area (Å²) in [4.78, 5) is 14.7. The summed E-state index contributed by atoms with van der Waals surface area (Å²) >= 11 is 0. The Morgan fingerprint density at radius 1 is 1.08 bits per heavy atom. The molecule has 4 rings (SSSR count). The number of nitrogens with one attached hydrogen (secondary N) is 1. The molecule has 3 heteroatoms. The number of fused-ring (bicyclic) bond motifs is 1. The lowest BCUT2D eigenvalue weighted by atomic mass is 10.0. The molecule has 2 aromatic rings. The zero-order valence-electron chi connectivity index (χ0n) is 14.2. The molecule has 1 saturated heterocycles. The first-order chi connectivity index (χ1) is 11.8. The molecule has 1 amide bonds. The van der Waals surface area contributed by atoms with Crippen LogP contribution in [0.25, 0.3) is 10.8 Å². The average Bonchev–Trinajstić information content (AvgIpc) is 3.36. The lowest BCUT2D eigenvalue weighted by Crippen LogP contribution is -2.31. The highest BCUT2D eigenvalue weighted by Gasteiger charge is 2.34. The van der Waals surface area contributed by atoms with Crippen molar-refractivity contribution in [1.29, 1.82) is 0 Å². The molecule has 1 heterocycles. The number of benzene rings is 2. The summed E-state index contributed by atoms with van der Waals surface area (Å²) in [6, 6.07) is 15.7. The van der Waals surface area contributed by atoms with Crippen LogP contribution in [0.2, 0.25) is 0 Å². The molecule has 2 aromatic carbocycles. The number of rotatable bonds is 6. The second kappa shape index (κ2) is 6.94. The first kappa shape index (κ1) is 15.6. The van der Waals surface area contributed by atoms with Gasteiger partial charge in [0.2, 0.25) is 5.91 Å². The van der Waals surface area contributed by atoms with Gasteiger partial charge >= 0.3 is 0 Å². The normalized spacial score (nSPS) is 21.2. The van der Waals surface area contributed by atoms with E-state index in [0.717, 1.165) is 19.0 Å². The molecule has 24 heavy (non-hydrogen) atoms. The minimum Gasteiger partial charge on any atom is -0.356 e. The van der Waals surface area contributed by atoms with Gasteiger partial charge < -0.3 is 10.2 Å². The van der Waals surface area contributed by atoms with E-state index in [9.17, 15) is 4.79 Å². The van der Waals surface area contributed by atoms with Gasteiger partial charge in [0.15, 0.2) is 0 Å². The molecule has 0 aromatic heterocycles. The Labute approximate surface area is 144 Å². The highest BCUT2D eigenvalue weighted by molar-refractivity contribution is 5.83. The highest BCUT2D eigenvalue weighted by atomic mass is 16.1. The Morgan fingerprint density at radius 2 is 1.92 bits per heavy atom. The lowest BCUT2D eigenvalue weighted by Gasteiger charge is -2.15. The van der Waals surface area contributed by atoms with E-state index in [1.165, 1.54) is 48.7 Å². The zero-order chi connectivity index (χ0) is 16.4. The van der Waals surface area contributed by atoms with E-state index in [1.54, 1.807) is 0 Å². The molecule has 1 aliphatic heterocycles. The Balaban J connectivity index is 1.22. The van der Waals surface area contributed by atoms with Crippen molar-refractivity contribution in [3.05, 3.63) is 48.0 Å². The van der Waals surface area contributed by atoms with Crippen LogP contribution >= 0.6 is 0 Å². The number of carbonyl (C=O) groups is 1. The fraction of sp³-hybridized carbons (Fsp3) is 0.476. The molecule has 2 fully saturated rings. The van der Waals surface area contributed by atoms with Crippen LogP contribution in [0.15, 0.2) is 42.5 Å². The summed E-state index contributed by atoms with van der Waals surface area (Å²) in [7, 11) is 0. The molecule has 0 radical (unpaired) electrons. The van der Waals surface area contributed by atoms with Crippen molar-refractivity contribution in [3.63, 3.8) is 0 Å². The van der Waals surface area contributed by atoms with Gasteiger partial charge in [0.05, 0.1) is 0 Å². The van der Waals surface area contributed by atoms with Crippen molar-refractivity contribution < 1.29 is 4.79 Å². The Hall–Kier alpha value is -1.87. The van der Waals surface area contributed by atoms with Gasteiger partial charge in [0.25, 0.3) is 0 Å². The monoisotopic (exact) mass is 322 g/mol. The maximum atomic E-state index is 12.1. The Morgan fingerprint density at radius 3 is 2.75 bits per heavy atom. The Bertz CT molecular complexity index is 723. The SMILES string of the molecule is O=C(CCc1ccc2ccccc2c1)NCC1CCN(C2CC2)C1. The van der Waals surface area contributed by atoms with Crippen molar-refractivity contribution in [2.75, 3.05) is 19.6 Å². The number of hydrogen-bond acceptors (Lipinski definition) is 2. The quantitative estimate of drug-likeness (QED) is 0.884. The van der Waals surface area contributed by atoms with Crippen LogP contribution in [0.4, 0.5) is 0 Å². The molecular weight excluding hydrogens is 296 g/mol. The van der Waals surface area contributed by atoms with Gasteiger partial charge in [-0.25, -0.2) is 0 Å². The summed E-state index contributed by atoms with van der Waals surface area (Å²) in [5.41, 5.74) is 1.24. The summed E-state index contributed by atoms with van der Waals surface area (Å²) in [6.07, 6.45) is 5.39.